The number of hydrogen-bond donors (Lipinski definition) is 0. The molecule has 0 N–H and O–H groups in total. The molecule has 1 atom stereocenters. The number of furan rings is 1. The predicted octanol–water partition coefficient (Wildman–Crippen LogP) is 2.53. The summed E-state index contributed by atoms with van der Waals surface area (Å²) in [5, 5.41) is 0. The average molecular weight is 402 g/mol. The molecule has 1 unspecified atom stereocenters. The third-order valence-electron chi connectivity index (χ3n) is 6.02. The van der Waals surface area contributed by atoms with Crippen LogP contribution in [0.5, 0.6) is 0 Å². The van der Waals surface area contributed by atoms with Gasteiger partial charge in [0.05, 0.1) is 25.2 Å². The van der Waals surface area contributed by atoms with Gasteiger partial charge in [0.2, 0.25) is 5.76 Å². The number of morpholine rings is 1. The number of hydrogen-bond acceptors (Lipinski definition) is 6. The maximum Gasteiger partial charge on any atom is 0.449 e. The van der Waals surface area contributed by atoms with Crippen molar-refractivity contribution in [2.24, 2.45) is 5.41 Å². The van der Waals surface area contributed by atoms with Gasteiger partial charge >= 0.3 is 12.1 Å². The minimum Gasteiger partial charge on any atom is -0.461 e. The van der Waals surface area contributed by atoms with Crippen molar-refractivity contribution in [3.05, 3.63) is 23.7 Å². The van der Waals surface area contributed by atoms with Gasteiger partial charge in [-0.15, -0.1) is 0 Å². The molecule has 3 saturated heterocycles. The topological polar surface area (TPSA) is 55.1 Å². The number of carbonyl (C=O) groups is 1. The molecule has 28 heavy (non-hydrogen) atoms. The van der Waals surface area contributed by atoms with Gasteiger partial charge in [0.1, 0.15) is 11.9 Å². The number of carbonyl (C=O) groups excluding carboxylic acids is 1. The molecule has 0 amide bonds. The normalized spacial score (nSPS) is 26.7. The Kier molecular flexibility index (Phi) is 5.41. The van der Waals surface area contributed by atoms with Crippen LogP contribution in [-0.2, 0) is 27.0 Å². The molecule has 1 spiro atoms. The van der Waals surface area contributed by atoms with E-state index in [2.05, 4.69) is 4.90 Å². The molecule has 0 aromatic carbocycles. The first kappa shape index (κ1) is 19.7. The zero-order chi connectivity index (χ0) is 19.8. The second kappa shape index (κ2) is 7.68. The molecule has 4 rings (SSSR count). The first-order valence-corrected chi connectivity index (χ1v) is 9.74. The lowest BCUT2D eigenvalue weighted by atomic mass is 9.76. The van der Waals surface area contributed by atoms with Crippen molar-refractivity contribution in [1.29, 1.82) is 0 Å². The highest BCUT2D eigenvalue weighted by atomic mass is 19.4. The summed E-state index contributed by atoms with van der Waals surface area (Å²) in [5.41, 5.74) is -0.451. The van der Waals surface area contributed by atoms with Gasteiger partial charge < -0.3 is 13.9 Å². The van der Waals surface area contributed by atoms with Gasteiger partial charge in [-0.2, -0.15) is 13.2 Å². The fraction of sp³-hybridized carbons (Fsp3) is 0.737. The number of rotatable bonds is 4. The summed E-state index contributed by atoms with van der Waals surface area (Å²) in [4.78, 5) is 16.9. The number of ether oxygens (including phenoxy) is 2. The molecule has 9 heteroatoms. The zero-order valence-corrected chi connectivity index (χ0v) is 15.7. The quantitative estimate of drug-likeness (QED) is 0.722. The van der Waals surface area contributed by atoms with Crippen LogP contribution in [0.3, 0.4) is 0 Å². The van der Waals surface area contributed by atoms with Crippen LogP contribution in [0.4, 0.5) is 13.2 Å². The van der Waals surface area contributed by atoms with Gasteiger partial charge in [-0.3, -0.25) is 14.6 Å². The van der Waals surface area contributed by atoms with E-state index in [9.17, 15) is 18.0 Å². The van der Waals surface area contributed by atoms with Crippen LogP contribution in [0.15, 0.2) is 16.5 Å². The van der Waals surface area contributed by atoms with Crippen LogP contribution < -0.4 is 0 Å². The molecule has 3 aliphatic rings. The van der Waals surface area contributed by atoms with Crippen molar-refractivity contribution in [3.63, 3.8) is 0 Å². The van der Waals surface area contributed by atoms with Gasteiger partial charge in [-0.1, -0.05) is 0 Å². The summed E-state index contributed by atoms with van der Waals surface area (Å²) in [6, 6.07) is 2.33. The number of piperidine rings is 1. The van der Waals surface area contributed by atoms with E-state index in [1.54, 1.807) is 0 Å². The monoisotopic (exact) mass is 402 g/mol. The summed E-state index contributed by atoms with van der Waals surface area (Å²) >= 11 is 0. The fourth-order valence-corrected chi connectivity index (χ4v) is 4.39. The Labute approximate surface area is 161 Å². The third-order valence-corrected chi connectivity index (χ3v) is 6.02. The van der Waals surface area contributed by atoms with Crippen LogP contribution in [0.25, 0.3) is 0 Å². The Hall–Kier alpha value is -1.58. The minimum absolute atomic E-state index is 0.0865. The Morgan fingerprint density at radius 3 is 2.43 bits per heavy atom. The van der Waals surface area contributed by atoms with E-state index in [-0.39, 0.29) is 12.1 Å². The Bertz CT molecular complexity index is 692. The van der Waals surface area contributed by atoms with E-state index in [1.807, 2.05) is 4.90 Å². The number of alkyl halides is 3. The highest BCUT2D eigenvalue weighted by molar-refractivity contribution is 5.79. The predicted molar refractivity (Wildman–Crippen MR) is 92.4 cm³/mol. The van der Waals surface area contributed by atoms with Crippen molar-refractivity contribution < 1.29 is 31.9 Å². The van der Waals surface area contributed by atoms with Crippen molar-refractivity contribution in [3.8, 4) is 0 Å². The molecule has 0 radical (unpaired) electrons. The minimum atomic E-state index is -4.46. The van der Waals surface area contributed by atoms with Gasteiger partial charge in [0.15, 0.2) is 0 Å². The molecule has 6 nitrogen and oxygen atoms in total. The SMILES string of the molecule is O=C1OC(CN2CCOCC2)CC12CCN(Cc1ccc(C(F)(F)F)o1)CC2. The number of likely N-dealkylation sites (tertiary alicyclic amines) is 1. The number of halogens is 3. The first-order chi connectivity index (χ1) is 13.3. The maximum atomic E-state index is 12.7. The molecule has 0 aliphatic carbocycles. The molecule has 156 valence electrons. The lowest BCUT2D eigenvalue weighted by Crippen LogP contribution is -2.42. The molecule has 4 heterocycles. The third kappa shape index (κ3) is 4.21. The zero-order valence-electron chi connectivity index (χ0n) is 15.7. The summed E-state index contributed by atoms with van der Waals surface area (Å²) in [7, 11) is 0. The Balaban J connectivity index is 1.29. The van der Waals surface area contributed by atoms with E-state index in [1.165, 1.54) is 6.07 Å². The van der Waals surface area contributed by atoms with Crippen molar-refractivity contribution in [2.75, 3.05) is 45.9 Å². The molecular weight excluding hydrogens is 377 g/mol. The molecule has 1 aromatic heterocycles. The summed E-state index contributed by atoms with van der Waals surface area (Å²) in [5.74, 6) is -0.800. The van der Waals surface area contributed by atoms with Gasteiger partial charge in [0, 0.05) is 26.1 Å². The van der Waals surface area contributed by atoms with E-state index in [4.69, 9.17) is 13.9 Å². The van der Waals surface area contributed by atoms with Crippen molar-refractivity contribution in [2.45, 2.75) is 38.1 Å². The second-order valence-electron chi connectivity index (χ2n) is 7.96. The Morgan fingerprint density at radius 1 is 1.07 bits per heavy atom. The summed E-state index contributed by atoms with van der Waals surface area (Å²) in [6.45, 7) is 5.48. The highest BCUT2D eigenvalue weighted by Gasteiger charge is 2.50. The Morgan fingerprint density at radius 2 is 1.79 bits per heavy atom. The number of nitrogens with zero attached hydrogens (tertiary/aromatic N) is 2. The summed E-state index contributed by atoms with van der Waals surface area (Å²) in [6.07, 6.45) is -2.50. The van der Waals surface area contributed by atoms with Crippen LogP contribution in [-0.4, -0.2) is 67.8 Å². The van der Waals surface area contributed by atoms with Gasteiger partial charge in [-0.25, -0.2) is 0 Å². The number of esters is 1. The van der Waals surface area contributed by atoms with Crippen LogP contribution >= 0.6 is 0 Å². The van der Waals surface area contributed by atoms with Gasteiger partial charge in [0.25, 0.3) is 0 Å². The van der Waals surface area contributed by atoms with E-state index >= 15 is 0 Å². The van der Waals surface area contributed by atoms with Crippen molar-refractivity contribution >= 4 is 5.97 Å². The largest absolute Gasteiger partial charge is 0.461 e. The van der Waals surface area contributed by atoms with E-state index in [0.717, 1.165) is 32.1 Å². The fourth-order valence-electron chi connectivity index (χ4n) is 4.39. The van der Waals surface area contributed by atoms with E-state index < -0.39 is 17.4 Å². The smallest absolute Gasteiger partial charge is 0.449 e. The van der Waals surface area contributed by atoms with Crippen LogP contribution in [0, 0.1) is 5.41 Å². The standard InChI is InChI=1S/C19H25F3N2O4/c20-19(21,22)16-2-1-14(27-16)12-23-5-3-18(4-6-23)11-15(28-17(18)25)13-24-7-9-26-10-8-24/h1-2,15H,3-13H2. The number of cyclic esters (lactones) is 1. The molecule has 0 saturated carbocycles. The molecule has 0 bridgehead atoms. The van der Waals surface area contributed by atoms with Crippen LogP contribution in [0.1, 0.15) is 30.8 Å². The first-order valence-electron chi connectivity index (χ1n) is 9.74. The molecule has 3 aliphatic heterocycles. The average Bonchev–Trinajstić information content (AvgIpc) is 3.23. The van der Waals surface area contributed by atoms with Gasteiger partial charge in [-0.05, 0) is 38.1 Å². The maximum absolute atomic E-state index is 12.7. The molecule has 3 fully saturated rings. The lowest BCUT2D eigenvalue weighted by molar-refractivity contribution is -0.154. The molecular formula is C19H25F3N2O4. The summed E-state index contributed by atoms with van der Waals surface area (Å²) < 4.78 is 53.9. The van der Waals surface area contributed by atoms with Crippen molar-refractivity contribution in [1.82, 2.24) is 9.80 Å². The van der Waals surface area contributed by atoms with E-state index in [0.29, 0.717) is 51.4 Å². The van der Waals surface area contributed by atoms with Crippen LogP contribution in [0.2, 0.25) is 0 Å². The second-order valence-corrected chi connectivity index (χ2v) is 7.96. The molecule has 1 aromatic rings. The highest BCUT2D eigenvalue weighted by Crippen LogP contribution is 2.43. The lowest BCUT2D eigenvalue weighted by Gasteiger charge is -2.36.